The number of hydrogen-bond donors (Lipinski definition) is 1. The van der Waals surface area contributed by atoms with Gasteiger partial charge in [-0.3, -0.25) is 19.8 Å². The fourth-order valence-electron chi connectivity index (χ4n) is 2.68. The van der Waals surface area contributed by atoms with Crippen molar-refractivity contribution in [2.75, 3.05) is 20.6 Å². The van der Waals surface area contributed by atoms with Crippen molar-refractivity contribution in [3.8, 4) is 0 Å². The van der Waals surface area contributed by atoms with Crippen molar-refractivity contribution in [2.45, 2.75) is 32.2 Å². The molecule has 1 heterocycles. The Hall–Kier alpha value is -1.43. The van der Waals surface area contributed by atoms with E-state index in [2.05, 4.69) is 5.32 Å². The number of likely N-dealkylation sites (N-methyl/N-ethyl adjacent to an activating group) is 1. The summed E-state index contributed by atoms with van der Waals surface area (Å²) in [6, 6.07) is -0.824. The van der Waals surface area contributed by atoms with Gasteiger partial charge in [0.2, 0.25) is 11.8 Å². The molecular weight excluding hydrogens is 234 g/mol. The standard InChI is InChI=1S/C12H19N3O3/c1-8(7-14(2)3)15-10(17)12(5-4-6-12)9(16)13-11(15)18/h8H,4-7H2,1-3H3,(H,13,16,18). The summed E-state index contributed by atoms with van der Waals surface area (Å²) in [7, 11) is 3.76. The number of hydrogen-bond acceptors (Lipinski definition) is 4. The van der Waals surface area contributed by atoms with E-state index in [0.717, 1.165) is 6.42 Å². The second-order valence-electron chi connectivity index (χ2n) is 5.48. The summed E-state index contributed by atoms with van der Waals surface area (Å²) in [6.45, 7) is 2.41. The molecule has 2 fully saturated rings. The zero-order chi connectivity index (χ0) is 13.5. The third kappa shape index (κ3) is 1.80. The minimum atomic E-state index is -0.964. The number of urea groups is 1. The second-order valence-corrected chi connectivity index (χ2v) is 5.48. The summed E-state index contributed by atoms with van der Waals surface area (Å²) >= 11 is 0. The number of rotatable bonds is 3. The Labute approximate surface area is 106 Å². The number of carbonyl (C=O) groups is 3. The highest BCUT2D eigenvalue weighted by molar-refractivity contribution is 6.19. The molecule has 18 heavy (non-hydrogen) atoms. The van der Waals surface area contributed by atoms with Gasteiger partial charge < -0.3 is 4.90 Å². The molecule has 0 aromatic heterocycles. The maximum Gasteiger partial charge on any atom is 0.331 e. The molecule has 1 unspecified atom stereocenters. The number of barbiturate groups is 1. The Balaban J connectivity index is 2.21. The fraction of sp³-hybridized carbons (Fsp3) is 0.750. The predicted octanol–water partition coefficient (Wildman–Crippen LogP) is 0.185. The lowest BCUT2D eigenvalue weighted by molar-refractivity contribution is -0.159. The highest BCUT2D eigenvalue weighted by Gasteiger charge is 2.57. The lowest BCUT2D eigenvalue weighted by atomic mass is 9.66. The summed E-state index contributed by atoms with van der Waals surface area (Å²) < 4.78 is 0. The molecule has 0 aromatic carbocycles. The monoisotopic (exact) mass is 253 g/mol. The fourth-order valence-corrected chi connectivity index (χ4v) is 2.68. The second kappa shape index (κ2) is 4.35. The van der Waals surface area contributed by atoms with Crippen LogP contribution in [0, 0.1) is 5.41 Å². The summed E-state index contributed by atoms with van der Waals surface area (Å²) in [4.78, 5) is 39.2. The molecule has 1 N–H and O–H groups in total. The van der Waals surface area contributed by atoms with Crippen molar-refractivity contribution >= 4 is 17.8 Å². The predicted molar refractivity (Wildman–Crippen MR) is 64.7 cm³/mol. The first-order chi connectivity index (χ1) is 8.38. The van der Waals surface area contributed by atoms with Gasteiger partial charge in [0.05, 0.1) is 6.04 Å². The first kappa shape index (κ1) is 13.0. The van der Waals surface area contributed by atoms with Gasteiger partial charge >= 0.3 is 6.03 Å². The molecule has 2 aliphatic rings. The third-order valence-corrected chi connectivity index (χ3v) is 3.78. The van der Waals surface area contributed by atoms with Gasteiger partial charge in [-0.2, -0.15) is 0 Å². The smallest absolute Gasteiger partial charge is 0.307 e. The number of nitrogens with zero attached hydrogens (tertiary/aromatic N) is 2. The molecule has 6 heteroatoms. The van der Waals surface area contributed by atoms with E-state index in [1.165, 1.54) is 4.90 Å². The van der Waals surface area contributed by atoms with Crippen LogP contribution in [0.3, 0.4) is 0 Å². The lowest BCUT2D eigenvalue weighted by Gasteiger charge is -2.46. The van der Waals surface area contributed by atoms with Gasteiger partial charge in [0.15, 0.2) is 0 Å². The van der Waals surface area contributed by atoms with E-state index in [1.54, 1.807) is 0 Å². The quantitative estimate of drug-likeness (QED) is 0.729. The van der Waals surface area contributed by atoms with Crippen LogP contribution >= 0.6 is 0 Å². The zero-order valence-electron chi connectivity index (χ0n) is 11.0. The molecule has 0 radical (unpaired) electrons. The molecule has 1 aliphatic heterocycles. The Morgan fingerprint density at radius 1 is 1.33 bits per heavy atom. The molecule has 1 atom stereocenters. The number of nitrogens with one attached hydrogen (secondary N) is 1. The molecule has 4 amide bonds. The highest BCUT2D eigenvalue weighted by atomic mass is 16.2. The normalized spacial score (nSPS) is 24.2. The van der Waals surface area contributed by atoms with E-state index in [9.17, 15) is 14.4 Å². The minimum absolute atomic E-state index is 0.238. The van der Waals surface area contributed by atoms with Crippen molar-refractivity contribution in [3.63, 3.8) is 0 Å². The van der Waals surface area contributed by atoms with Crippen molar-refractivity contribution in [1.82, 2.24) is 15.1 Å². The molecule has 1 spiro atoms. The lowest BCUT2D eigenvalue weighted by Crippen LogP contribution is -2.68. The SMILES string of the molecule is CC(CN(C)C)N1C(=O)NC(=O)C2(CCC2)C1=O. The van der Waals surface area contributed by atoms with Gasteiger partial charge in [-0.25, -0.2) is 4.79 Å². The summed E-state index contributed by atoms with van der Waals surface area (Å²) in [5, 5.41) is 2.32. The molecule has 1 aliphatic carbocycles. The Morgan fingerprint density at radius 3 is 2.39 bits per heavy atom. The van der Waals surface area contributed by atoms with Crippen LogP contribution in [0.5, 0.6) is 0 Å². The van der Waals surface area contributed by atoms with Crippen LogP contribution in [0.2, 0.25) is 0 Å². The molecule has 0 bridgehead atoms. The van der Waals surface area contributed by atoms with Crippen LogP contribution < -0.4 is 5.32 Å². The summed E-state index contributed by atoms with van der Waals surface area (Å²) in [5.74, 6) is -0.742. The molecule has 1 saturated heterocycles. The van der Waals surface area contributed by atoms with Crippen molar-refractivity contribution in [2.24, 2.45) is 5.41 Å². The van der Waals surface area contributed by atoms with Crippen molar-refractivity contribution < 1.29 is 14.4 Å². The molecule has 100 valence electrons. The minimum Gasteiger partial charge on any atom is -0.307 e. The molecule has 0 aromatic rings. The van der Waals surface area contributed by atoms with Crippen molar-refractivity contribution in [1.29, 1.82) is 0 Å². The van der Waals surface area contributed by atoms with E-state index in [1.807, 2.05) is 25.9 Å². The van der Waals surface area contributed by atoms with Gasteiger partial charge in [-0.05, 0) is 33.9 Å². The largest absolute Gasteiger partial charge is 0.331 e. The van der Waals surface area contributed by atoms with Gasteiger partial charge in [0, 0.05) is 6.54 Å². The molecular formula is C12H19N3O3. The molecule has 6 nitrogen and oxygen atoms in total. The van der Waals surface area contributed by atoms with E-state index >= 15 is 0 Å². The summed E-state index contributed by atoms with van der Waals surface area (Å²) in [6.07, 6.45) is 1.97. The first-order valence-electron chi connectivity index (χ1n) is 6.22. The van der Waals surface area contributed by atoms with Gasteiger partial charge in [-0.15, -0.1) is 0 Å². The van der Waals surface area contributed by atoms with Crippen LogP contribution in [-0.4, -0.2) is 54.3 Å². The summed E-state index contributed by atoms with van der Waals surface area (Å²) in [5.41, 5.74) is -0.964. The van der Waals surface area contributed by atoms with E-state index < -0.39 is 17.4 Å². The number of amides is 4. The first-order valence-corrected chi connectivity index (χ1v) is 6.22. The van der Waals surface area contributed by atoms with E-state index in [-0.39, 0.29) is 11.9 Å². The number of imide groups is 2. The Morgan fingerprint density at radius 2 is 1.94 bits per heavy atom. The maximum absolute atomic E-state index is 12.4. The Kier molecular flexibility index (Phi) is 3.14. The zero-order valence-corrected chi connectivity index (χ0v) is 11.0. The van der Waals surface area contributed by atoms with Crippen LogP contribution in [0.25, 0.3) is 0 Å². The maximum atomic E-state index is 12.4. The highest BCUT2D eigenvalue weighted by Crippen LogP contribution is 2.44. The van der Waals surface area contributed by atoms with Gasteiger partial charge in [-0.1, -0.05) is 6.42 Å². The topological polar surface area (TPSA) is 69.7 Å². The average molecular weight is 253 g/mol. The van der Waals surface area contributed by atoms with Crippen LogP contribution in [0.15, 0.2) is 0 Å². The van der Waals surface area contributed by atoms with Crippen LogP contribution in [-0.2, 0) is 9.59 Å². The van der Waals surface area contributed by atoms with Gasteiger partial charge in [0.25, 0.3) is 0 Å². The van der Waals surface area contributed by atoms with Gasteiger partial charge in [0.1, 0.15) is 5.41 Å². The number of carbonyl (C=O) groups excluding carboxylic acids is 3. The van der Waals surface area contributed by atoms with Crippen molar-refractivity contribution in [3.05, 3.63) is 0 Å². The average Bonchev–Trinajstić information content (AvgIpc) is 2.12. The Bertz CT molecular complexity index is 401. The van der Waals surface area contributed by atoms with Crippen LogP contribution in [0.1, 0.15) is 26.2 Å². The third-order valence-electron chi connectivity index (χ3n) is 3.78. The molecule has 2 rings (SSSR count). The van der Waals surface area contributed by atoms with E-state index in [4.69, 9.17) is 0 Å². The van der Waals surface area contributed by atoms with Crippen LogP contribution in [0.4, 0.5) is 4.79 Å². The molecule has 1 saturated carbocycles. The van der Waals surface area contributed by atoms with E-state index in [0.29, 0.717) is 19.4 Å².